The number of quaternary nitrogens is 1. The zero-order valence-electron chi connectivity index (χ0n) is 17.3. The van der Waals surface area contributed by atoms with Gasteiger partial charge >= 0.3 is 0 Å². The summed E-state index contributed by atoms with van der Waals surface area (Å²) in [6.07, 6.45) is 2.65. The maximum Gasteiger partial charge on any atom is 0.0997 e. The van der Waals surface area contributed by atoms with Gasteiger partial charge in [0.15, 0.2) is 0 Å². The minimum absolute atomic E-state index is 0.783. The smallest absolute Gasteiger partial charge is 0.0997 e. The average molecular weight is 403 g/mol. The van der Waals surface area contributed by atoms with Crippen LogP contribution in [0.15, 0.2) is 103 Å². The molecule has 0 atom stereocenters. The summed E-state index contributed by atoms with van der Waals surface area (Å²) in [6, 6.07) is 33.8. The zero-order chi connectivity index (χ0) is 21.0. The molecule has 5 rings (SSSR count). The van der Waals surface area contributed by atoms with E-state index in [0.717, 1.165) is 51.9 Å². The number of hydrogen-bond donors (Lipinski definition) is 1. The molecule has 0 aliphatic carbocycles. The molecule has 3 nitrogen and oxygen atoms in total. The highest BCUT2D eigenvalue weighted by atomic mass is 14.7. The highest BCUT2D eigenvalue weighted by molar-refractivity contribution is 5.92. The third-order valence-corrected chi connectivity index (χ3v) is 5.64. The van der Waals surface area contributed by atoms with E-state index in [1.54, 1.807) is 0 Å². The van der Waals surface area contributed by atoms with Gasteiger partial charge in [-0.3, -0.25) is 4.98 Å². The van der Waals surface area contributed by atoms with Crippen LogP contribution in [0, 0.1) is 0 Å². The second-order valence-electron chi connectivity index (χ2n) is 7.68. The molecule has 2 aromatic heterocycles. The number of aromatic nitrogens is 2. The van der Waals surface area contributed by atoms with Gasteiger partial charge in [0.05, 0.1) is 23.4 Å². The van der Waals surface area contributed by atoms with Gasteiger partial charge in [0.2, 0.25) is 0 Å². The van der Waals surface area contributed by atoms with Crippen molar-refractivity contribution in [2.24, 2.45) is 0 Å². The lowest BCUT2D eigenvalue weighted by atomic mass is 9.96. The minimum Gasteiger partial charge on any atom is -0.354 e. The van der Waals surface area contributed by atoms with E-state index in [1.165, 1.54) is 11.1 Å². The second-order valence-corrected chi connectivity index (χ2v) is 7.68. The Morgan fingerprint density at radius 1 is 0.677 bits per heavy atom. The Morgan fingerprint density at radius 2 is 1.39 bits per heavy atom. The summed E-state index contributed by atoms with van der Waals surface area (Å²) >= 11 is 0. The van der Waals surface area contributed by atoms with E-state index in [0.29, 0.717) is 0 Å². The monoisotopic (exact) mass is 402 g/mol. The van der Waals surface area contributed by atoms with Crippen molar-refractivity contribution in [2.45, 2.75) is 13.0 Å². The predicted molar refractivity (Wildman–Crippen MR) is 126 cm³/mol. The van der Waals surface area contributed by atoms with Crippen LogP contribution in [0.4, 0.5) is 0 Å². The van der Waals surface area contributed by atoms with Gasteiger partial charge in [0.25, 0.3) is 0 Å². The first-order valence-electron chi connectivity index (χ1n) is 10.6. The largest absolute Gasteiger partial charge is 0.354 e. The van der Waals surface area contributed by atoms with Crippen molar-refractivity contribution in [3.8, 4) is 22.4 Å². The van der Waals surface area contributed by atoms with Crippen molar-refractivity contribution in [3.63, 3.8) is 0 Å². The maximum atomic E-state index is 5.12. The standard InChI is InChI=1S/C28H23N3/c29-19-21-11-13-23(14-12-21)28-24(22-9-5-2-6-10-22)18-25-26(31-28)15-16-30-27(25)17-20-7-3-1-4-8-20/h1-16,18H,17,19,29H2/p+1. The fourth-order valence-electron chi connectivity index (χ4n) is 3.97. The molecule has 150 valence electrons. The normalized spacial score (nSPS) is 11.0. The molecule has 0 saturated carbocycles. The first-order chi connectivity index (χ1) is 15.3. The Balaban J connectivity index is 1.71. The number of nitrogens with zero attached hydrogens (tertiary/aromatic N) is 2. The van der Waals surface area contributed by atoms with E-state index < -0.39 is 0 Å². The van der Waals surface area contributed by atoms with Crippen molar-refractivity contribution in [1.82, 2.24) is 9.97 Å². The lowest BCUT2D eigenvalue weighted by Crippen LogP contribution is -2.47. The first kappa shape index (κ1) is 19.2. The number of hydrogen-bond acceptors (Lipinski definition) is 2. The molecule has 3 N–H and O–H groups in total. The lowest BCUT2D eigenvalue weighted by Gasteiger charge is -2.14. The second kappa shape index (κ2) is 8.50. The molecule has 0 spiro atoms. The SMILES string of the molecule is [NH3+]Cc1ccc(-c2nc3ccnc(Cc4ccccc4)c3cc2-c2ccccc2)cc1. The van der Waals surface area contributed by atoms with Crippen molar-refractivity contribution < 1.29 is 5.73 Å². The van der Waals surface area contributed by atoms with E-state index in [2.05, 4.69) is 84.6 Å². The molecule has 0 unspecified atom stereocenters. The number of rotatable bonds is 5. The highest BCUT2D eigenvalue weighted by Gasteiger charge is 2.14. The first-order valence-corrected chi connectivity index (χ1v) is 10.6. The molecule has 0 fully saturated rings. The lowest BCUT2D eigenvalue weighted by molar-refractivity contribution is -0.386. The fourth-order valence-corrected chi connectivity index (χ4v) is 3.97. The highest BCUT2D eigenvalue weighted by Crippen LogP contribution is 2.34. The molecule has 0 radical (unpaired) electrons. The Kier molecular flexibility index (Phi) is 5.26. The molecule has 0 saturated heterocycles. The molecule has 2 heterocycles. The number of benzene rings is 3. The Morgan fingerprint density at radius 3 is 2.10 bits per heavy atom. The summed E-state index contributed by atoms with van der Waals surface area (Å²) in [7, 11) is 0. The van der Waals surface area contributed by atoms with Crippen molar-refractivity contribution in [2.75, 3.05) is 0 Å². The van der Waals surface area contributed by atoms with Crippen LogP contribution < -0.4 is 5.73 Å². The summed E-state index contributed by atoms with van der Waals surface area (Å²) in [5.74, 6) is 0. The number of pyridine rings is 2. The van der Waals surface area contributed by atoms with Crippen LogP contribution in [0.1, 0.15) is 16.8 Å². The maximum absolute atomic E-state index is 5.12. The molecule has 5 aromatic rings. The average Bonchev–Trinajstić information content (AvgIpc) is 2.85. The molecular weight excluding hydrogens is 378 g/mol. The number of fused-ring (bicyclic) bond motifs is 1. The molecule has 31 heavy (non-hydrogen) atoms. The molecule has 0 aliphatic heterocycles. The van der Waals surface area contributed by atoms with Crippen LogP contribution >= 0.6 is 0 Å². The van der Waals surface area contributed by atoms with Gasteiger partial charge in [-0.25, -0.2) is 4.98 Å². The van der Waals surface area contributed by atoms with Gasteiger partial charge in [-0.05, 0) is 23.3 Å². The van der Waals surface area contributed by atoms with E-state index in [9.17, 15) is 0 Å². The molecule has 0 amide bonds. The zero-order valence-corrected chi connectivity index (χ0v) is 17.3. The molecular formula is C28H24N3+. The van der Waals surface area contributed by atoms with Crippen LogP contribution in [-0.2, 0) is 13.0 Å². The van der Waals surface area contributed by atoms with E-state index in [-0.39, 0.29) is 0 Å². The molecule has 3 aromatic carbocycles. The Bertz CT molecular complexity index is 1310. The third-order valence-electron chi connectivity index (χ3n) is 5.64. The van der Waals surface area contributed by atoms with Gasteiger partial charge in [0.1, 0.15) is 0 Å². The van der Waals surface area contributed by atoms with Gasteiger partial charge < -0.3 is 5.73 Å². The third kappa shape index (κ3) is 3.96. The molecule has 3 heteroatoms. The summed E-state index contributed by atoms with van der Waals surface area (Å²) in [6.45, 7) is 0.783. The van der Waals surface area contributed by atoms with E-state index >= 15 is 0 Å². The topological polar surface area (TPSA) is 53.4 Å². The summed E-state index contributed by atoms with van der Waals surface area (Å²) in [5, 5.41) is 1.10. The molecule has 0 bridgehead atoms. The summed E-state index contributed by atoms with van der Waals surface area (Å²) < 4.78 is 0. The van der Waals surface area contributed by atoms with Gasteiger partial charge in [-0.1, -0.05) is 84.9 Å². The minimum atomic E-state index is 0.783. The van der Waals surface area contributed by atoms with Crippen LogP contribution in [0.5, 0.6) is 0 Å². The predicted octanol–water partition coefficient (Wildman–Crippen LogP) is 5.30. The van der Waals surface area contributed by atoms with Gasteiger partial charge in [-0.2, -0.15) is 0 Å². The summed E-state index contributed by atoms with van der Waals surface area (Å²) in [4.78, 5) is 9.84. The summed E-state index contributed by atoms with van der Waals surface area (Å²) in [5.41, 5.74) is 12.9. The van der Waals surface area contributed by atoms with Crippen molar-refractivity contribution >= 4 is 10.9 Å². The van der Waals surface area contributed by atoms with Crippen LogP contribution in [0.25, 0.3) is 33.3 Å². The van der Waals surface area contributed by atoms with Crippen molar-refractivity contribution in [1.29, 1.82) is 0 Å². The Hall–Kier alpha value is -3.82. The molecule has 0 aliphatic rings. The van der Waals surface area contributed by atoms with E-state index in [1.807, 2.05) is 24.4 Å². The van der Waals surface area contributed by atoms with Crippen LogP contribution in [0.3, 0.4) is 0 Å². The van der Waals surface area contributed by atoms with Gasteiger partial charge in [-0.15, -0.1) is 0 Å². The van der Waals surface area contributed by atoms with Gasteiger partial charge in [0, 0.05) is 34.7 Å². The fraction of sp³-hybridized carbons (Fsp3) is 0.0714. The Labute approximate surface area is 182 Å². The van der Waals surface area contributed by atoms with E-state index in [4.69, 9.17) is 9.97 Å². The van der Waals surface area contributed by atoms with Crippen LogP contribution in [-0.4, -0.2) is 9.97 Å². The van der Waals surface area contributed by atoms with Crippen molar-refractivity contribution in [3.05, 3.63) is 120 Å². The van der Waals surface area contributed by atoms with Crippen LogP contribution in [0.2, 0.25) is 0 Å². The quantitative estimate of drug-likeness (QED) is 0.434.